The minimum atomic E-state index is -0.650. The molecule has 0 aliphatic rings. The summed E-state index contributed by atoms with van der Waals surface area (Å²) < 4.78 is 0. The van der Waals surface area contributed by atoms with E-state index < -0.39 is 5.60 Å². The molecule has 18 heavy (non-hydrogen) atoms. The highest BCUT2D eigenvalue weighted by Gasteiger charge is 2.20. The molecule has 0 aliphatic carbocycles. The quantitative estimate of drug-likeness (QED) is 0.828. The van der Waals surface area contributed by atoms with Gasteiger partial charge in [0.15, 0.2) is 0 Å². The summed E-state index contributed by atoms with van der Waals surface area (Å²) in [5.41, 5.74) is 1.58. The lowest BCUT2D eigenvalue weighted by atomic mass is 9.94. The van der Waals surface area contributed by atoms with E-state index >= 15 is 0 Å². The molecule has 1 unspecified atom stereocenters. The molecule has 0 saturated heterocycles. The zero-order valence-corrected chi connectivity index (χ0v) is 12.5. The Morgan fingerprint density at radius 3 is 2.61 bits per heavy atom. The Morgan fingerprint density at radius 1 is 1.39 bits per heavy atom. The number of halogens is 1. The summed E-state index contributed by atoms with van der Waals surface area (Å²) >= 11 is 6.07. The van der Waals surface area contributed by atoms with E-state index in [4.69, 9.17) is 11.6 Å². The van der Waals surface area contributed by atoms with Gasteiger partial charge in [-0.05, 0) is 43.4 Å². The number of aryl methyl sites for hydroxylation is 1. The Hall–Kier alpha value is -0.570. The molecule has 2 nitrogen and oxygen atoms in total. The third kappa shape index (κ3) is 5.38. The van der Waals surface area contributed by atoms with Crippen molar-refractivity contribution in [2.45, 2.75) is 46.3 Å². The molecule has 102 valence electrons. The molecule has 0 aromatic heterocycles. The fourth-order valence-electron chi connectivity index (χ4n) is 2.17. The van der Waals surface area contributed by atoms with Crippen molar-refractivity contribution < 1.29 is 5.11 Å². The molecular formula is C15H24ClNO. The van der Waals surface area contributed by atoms with Crippen molar-refractivity contribution in [1.82, 2.24) is 5.32 Å². The lowest BCUT2D eigenvalue weighted by molar-refractivity contribution is 0.0383. The Morgan fingerprint density at radius 2 is 2.06 bits per heavy atom. The fraction of sp³-hybridized carbons (Fsp3) is 0.600. The second kappa shape index (κ2) is 6.55. The van der Waals surface area contributed by atoms with Crippen LogP contribution < -0.4 is 5.32 Å². The van der Waals surface area contributed by atoms with E-state index in [1.54, 1.807) is 0 Å². The monoisotopic (exact) mass is 269 g/mol. The van der Waals surface area contributed by atoms with Gasteiger partial charge in [0.05, 0.1) is 5.60 Å². The van der Waals surface area contributed by atoms with E-state index in [1.807, 2.05) is 26.0 Å². The summed E-state index contributed by atoms with van der Waals surface area (Å²) in [7, 11) is 0. The van der Waals surface area contributed by atoms with Crippen molar-refractivity contribution in [1.29, 1.82) is 0 Å². The van der Waals surface area contributed by atoms with Crippen LogP contribution >= 0.6 is 11.6 Å². The Balaban J connectivity index is 2.43. The maximum absolute atomic E-state index is 10.2. The number of aliphatic hydroxyl groups is 1. The highest BCUT2D eigenvalue weighted by Crippen LogP contribution is 2.18. The summed E-state index contributed by atoms with van der Waals surface area (Å²) in [6.07, 6.45) is 0.800. The van der Waals surface area contributed by atoms with E-state index in [0.717, 1.165) is 29.1 Å². The minimum Gasteiger partial charge on any atom is -0.389 e. The van der Waals surface area contributed by atoms with Gasteiger partial charge in [-0.25, -0.2) is 0 Å². The highest BCUT2D eigenvalue weighted by molar-refractivity contribution is 6.31. The van der Waals surface area contributed by atoms with Crippen LogP contribution in [0.3, 0.4) is 0 Å². The van der Waals surface area contributed by atoms with Crippen LogP contribution in [0, 0.1) is 12.8 Å². The highest BCUT2D eigenvalue weighted by atomic mass is 35.5. The maximum atomic E-state index is 10.2. The normalized spacial score (nSPS) is 14.8. The molecule has 1 atom stereocenters. The molecule has 0 heterocycles. The molecule has 2 N–H and O–H groups in total. The molecule has 0 spiro atoms. The number of hydrogen-bond acceptors (Lipinski definition) is 2. The van der Waals surface area contributed by atoms with Gasteiger partial charge in [0.1, 0.15) is 0 Å². The van der Waals surface area contributed by atoms with Crippen LogP contribution in [-0.2, 0) is 6.54 Å². The van der Waals surface area contributed by atoms with Gasteiger partial charge in [-0.1, -0.05) is 37.6 Å². The van der Waals surface area contributed by atoms with Gasteiger partial charge >= 0.3 is 0 Å². The minimum absolute atomic E-state index is 0.496. The largest absolute Gasteiger partial charge is 0.389 e. The van der Waals surface area contributed by atoms with Crippen LogP contribution in [0.1, 0.15) is 38.3 Å². The third-order valence-corrected chi connectivity index (χ3v) is 3.33. The standard InChI is InChI=1S/C15H24ClNO/c1-11(2)8-15(4,18)10-17-9-13-6-5-12(3)14(16)7-13/h5-7,11,17-18H,8-10H2,1-4H3. The first-order valence-electron chi connectivity index (χ1n) is 6.48. The summed E-state index contributed by atoms with van der Waals surface area (Å²) in [6, 6.07) is 6.05. The van der Waals surface area contributed by atoms with Crippen LogP contribution in [0.5, 0.6) is 0 Å². The van der Waals surface area contributed by atoms with Crippen molar-refractivity contribution in [3.8, 4) is 0 Å². The van der Waals surface area contributed by atoms with E-state index in [1.165, 1.54) is 0 Å². The van der Waals surface area contributed by atoms with Gasteiger partial charge in [-0.3, -0.25) is 0 Å². The number of benzene rings is 1. The lowest BCUT2D eigenvalue weighted by Crippen LogP contribution is -2.38. The predicted octanol–water partition coefficient (Wildman–Crippen LogP) is 3.54. The van der Waals surface area contributed by atoms with Crippen LogP contribution in [0.15, 0.2) is 18.2 Å². The van der Waals surface area contributed by atoms with E-state index in [9.17, 15) is 5.11 Å². The zero-order valence-electron chi connectivity index (χ0n) is 11.8. The van der Waals surface area contributed by atoms with Crippen molar-refractivity contribution in [3.63, 3.8) is 0 Å². The molecule has 0 aliphatic heterocycles. The molecule has 0 fully saturated rings. The first-order chi connectivity index (χ1) is 8.30. The van der Waals surface area contributed by atoms with Crippen LogP contribution in [0.2, 0.25) is 5.02 Å². The first-order valence-corrected chi connectivity index (χ1v) is 6.86. The van der Waals surface area contributed by atoms with Crippen molar-refractivity contribution in [2.75, 3.05) is 6.54 Å². The van der Waals surface area contributed by atoms with Gasteiger partial charge in [0.2, 0.25) is 0 Å². The molecule has 0 saturated carbocycles. The molecule has 1 aromatic rings. The summed E-state index contributed by atoms with van der Waals surface area (Å²) in [6.45, 7) is 9.43. The van der Waals surface area contributed by atoms with E-state index in [2.05, 4.69) is 25.2 Å². The summed E-state index contributed by atoms with van der Waals surface area (Å²) in [5.74, 6) is 0.496. The Bertz CT molecular complexity index is 388. The molecule has 1 rings (SSSR count). The average molecular weight is 270 g/mol. The number of nitrogens with one attached hydrogen (secondary N) is 1. The molecule has 0 amide bonds. The van der Waals surface area contributed by atoms with Gasteiger partial charge < -0.3 is 10.4 Å². The molecule has 3 heteroatoms. The predicted molar refractivity (Wildman–Crippen MR) is 78.0 cm³/mol. The third-order valence-electron chi connectivity index (χ3n) is 2.92. The summed E-state index contributed by atoms with van der Waals surface area (Å²) in [5, 5.41) is 14.3. The van der Waals surface area contributed by atoms with Crippen molar-refractivity contribution in [2.24, 2.45) is 5.92 Å². The van der Waals surface area contributed by atoms with Gasteiger partial charge in [-0.2, -0.15) is 0 Å². The van der Waals surface area contributed by atoms with Crippen LogP contribution in [0.4, 0.5) is 0 Å². The van der Waals surface area contributed by atoms with E-state index in [-0.39, 0.29) is 0 Å². The Labute approximate surface area is 115 Å². The number of hydrogen-bond donors (Lipinski definition) is 2. The van der Waals surface area contributed by atoms with Crippen molar-refractivity contribution >= 4 is 11.6 Å². The number of rotatable bonds is 6. The molecular weight excluding hydrogens is 246 g/mol. The van der Waals surface area contributed by atoms with Gasteiger partial charge in [-0.15, -0.1) is 0 Å². The topological polar surface area (TPSA) is 32.3 Å². The van der Waals surface area contributed by atoms with E-state index in [0.29, 0.717) is 12.5 Å². The SMILES string of the molecule is Cc1ccc(CNCC(C)(O)CC(C)C)cc1Cl. The smallest absolute Gasteiger partial charge is 0.0746 e. The van der Waals surface area contributed by atoms with Crippen LogP contribution in [0.25, 0.3) is 0 Å². The Kier molecular flexibility index (Phi) is 5.64. The maximum Gasteiger partial charge on any atom is 0.0746 e. The van der Waals surface area contributed by atoms with Crippen molar-refractivity contribution in [3.05, 3.63) is 34.3 Å². The summed E-state index contributed by atoms with van der Waals surface area (Å²) in [4.78, 5) is 0. The first kappa shape index (κ1) is 15.5. The fourth-order valence-corrected chi connectivity index (χ4v) is 2.38. The molecule has 1 aromatic carbocycles. The zero-order chi connectivity index (χ0) is 13.8. The second-order valence-corrected chi connectivity index (χ2v) is 6.19. The second-order valence-electron chi connectivity index (χ2n) is 5.78. The molecule has 0 bridgehead atoms. The average Bonchev–Trinajstić information content (AvgIpc) is 2.21. The molecule has 0 radical (unpaired) electrons. The van der Waals surface area contributed by atoms with Crippen LogP contribution in [-0.4, -0.2) is 17.3 Å². The van der Waals surface area contributed by atoms with Gasteiger partial charge in [0.25, 0.3) is 0 Å². The lowest BCUT2D eigenvalue weighted by Gasteiger charge is -2.25. The van der Waals surface area contributed by atoms with Gasteiger partial charge in [0, 0.05) is 18.1 Å².